The van der Waals surface area contributed by atoms with Gasteiger partial charge in [-0.1, -0.05) is 13.8 Å². The van der Waals surface area contributed by atoms with Gasteiger partial charge >= 0.3 is 0 Å². The van der Waals surface area contributed by atoms with Gasteiger partial charge in [0.2, 0.25) is 0 Å². The molecule has 0 aromatic carbocycles. The predicted molar refractivity (Wildman–Crippen MR) is 40.8 cm³/mol. The molecule has 52 valence electrons. The Bertz CT molecular complexity index is 116. The van der Waals surface area contributed by atoms with Crippen molar-refractivity contribution in [2.24, 2.45) is 0 Å². The second-order valence-electron chi connectivity index (χ2n) is 2.85. The predicted octanol–water partition coefficient (Wildman–Crippen LogP) is 1.86. The molecule has 9 heavy (non-hydrogen) atoms. The zero-order valence-electron chi connectivity index (χ0n) is 5.89. The van der Waals surface area contributed by atoms with Crippen molar-refractivity contribution < 1.29 is 4.79 Å². The highest BCUT2D eigenvalue weighted by Crippen LogP contribution is 2.48. The molecule has 0 N–H and O–H groups in total. The molecule has 0 atom stereocenters. The fraction of sp³-hybridized carbons (Fsp3) is 0.857. The van der Waals surface area contributed by atoms with Gasteiger partial charge in [-0.25, -0.2) is 0 Å². The molecule has 0 bridgehead atoms. The zero-order valence-corrected chi connectivity index (χ0v) is 6.70. The van der Waals surface area contributed by atoms with E-state index >= 15 is 0 Å². The van der Waals surface area contributed by atoms with Crippen LogP contribution in [0.5, 0.6) is 0 Å². The van der Waals surface area contributed by atoms with Gasteiger partial charge in [0.1, 0.15) is 6.29 Å². The molecule has 0 amide bonds. The van der Waals surface area contributed by atoms with Crippen LogP contribution in [0.15, 0.2) is 0 Å². The molecule has 1 saturated carbocycles. The summed E-state index contributed by atoms with van der Waals surface area (Å²) < 4.78 is 0.0498. The lowest BCUT2D eigenvalue weighted by Gasteiger charge is -2.08. The minimum Gasteiger partial charge on any atom is -0.302 e. The first kappa shape index (κ1) is 7.13. The zero-order chi connectivity index (χ0) is 6.91. The first-order valence-electron chi connectivity index (χ1n) is 3.33. The average molecular weight is 144 g/mol. The SMILES string of the molecule is CC(C)SC1(C=O)CC1. The molecule has 1 aliphatic carbocycles. The molecule has 1 rings (SSSR count). The van der Waals surface area contributed by atoms with E-state index in [-0.39, 0.29) is 4.75 Å². The number of aldehydes is 1. The summed E-state index contributed by atoms with van der Waals surface area (Å²) in [6, 6.07) is 0. The Balaban J connectivity index is 2.33. The molecule has 0 aromatic heterocycles. The second kappa shape index (κ2) is 2.33. The molecular formula is C7H12OS. The summed E-state index contributed by atoms with van der Waals surface area (Å²) in [7, 11) is 0. The fourth-order valence-corrected chi connectivity index (χ4v) is 2.19. The van der Waals surface area contributed by atoms with E-state index in [4.69, 9.17) is 0 Å². The van der Waals surface area contributed by atoms with Gasteiger partial charge in [0.15, 0.2) is 0 Å². The van der Waals surface area contributed by atoms with E-state index in [1.54, 1.807) is 11.8 Å². The van der Waals surface area contributed by atoms with Crippen LogP contribution in [0, 0.1) is 0 Å². The average Bonchev–Trinajstić information content (AvgIpc) is 2.48. The fourth-order valence-electron chi connectivity index (χ4n) is 0.856. The number of hydrogen-bond donors (Lipinski definition) is 0. The Labute approximate surface area is 60.2 Å². The maximum Gasteiger partial charge on any atom is 0.136 e. The smallest absolute Gasteiger partial charge is 0.136 e. The van der Waals surface area contributed by atoms with Gasteiger partial charge in [0, 0.05) is 5.25 Å². The Morgan fingerprint density at radius 1 is 1.56 bits per heavy atom. The number of thioether (sulfide) groups is 1. The molecule has 0 heterocycles. The van der Waals surface area contributed by atoms with Gasteiger partial charge in [0.25, 0.3) is 0 Å². The highest BCUT2D eigenvalue weighted by molar-refractivity contribution is 8.02. The number of hydrogen-bond acceptors (Lipinski definition) is 2. The van der Waals surface area contributed by atoms with Gasteiger partial charge in [-0.3, -0.25) is 0 Å². The molecule has 0 saturated heterocycles. The van der Waals surface area contributed by atoms with Crippen LogP contribution in [0.2, 0.25) is 0 Å². The summed E-state index contributed by atoms with van der Waals surface area (Å²) in [5.74, 6) is 0. The lowest BCUT2D eigenvalue weighted by molar-refractivity contribution is -0.108. The monoisotopic (exact) mass is 144 g/mol. The largest absolute Gasteiger partial charge is 0.302 e. The van der Waals surface area contributed by atoms with E-state index in [0.717, 1.165) is 19.1 Å². The van der Waals surface area contributed by atoms with Crippen molar-refractivity contribution in [2.45, 2.75) is 36.7 Å². The third-order valence-electron chi connectivity index (χ3n) is 1.43. The Hall–Kier alpha value is 0.0200. The van der Waals surface area contributed by atoms with Crippen molar-refractivity contribution in [3.8, 4) is 0 Å². The van der Waals surface area contributed by atoms with E-state index in [1.807, 2.05) is 0 Å². The Morgan fingerprint density at radius 2 is 2.11 bits per heavy atom. The standard InChI is InChI=1S/C7H12OS/c1-6(2)9-7(5-8)3-4-7/h5-6H,3-4H2,1-2H3. The first-order chi connectivity index (χ1) is 4.18. The van der Waals surface area contributed by atoms with Crippen LogP contribution in [0.3, 0.4) is 0 Å². The van der Waals surface area contributed by atoms with Crippen LogP contribution in [0.4, 0.5) is 0 Å². The first-order valence-corrected chi connectivity index (χ1v) is 4.21. The van der Waals surface area contributed by atoms with Gasteiger partial charge < -0.3 is 4.79 Å². The molecule has 0 aromatic rings. The van der Waals surface area contributed by atoms with Crippen LogP contribution in [0.1, 0.15) is 26.7 Å². The van der Waals surface area contributed by atoms with E-state index < -0.39 is 0 Å². The second-order valence-corrected chi connectivity index (χ2v) is 4.84. The minimum atomic E-state index is 0.0498. The third kappa shape index (κ3) is 1.71. The van der Waals surface area contributed by atoms with E-state index in [9.17, 15) is 4.79 Å². The van der Waals surface area contributed by atoms with Gasteiger partial charge in [0.05, 0.1) is 4.75 Å². The van der Waals surface area contributed by atoms with Crippen molar-refractivity contribution in [3.05, 3.63) is 0 Å². The summed E-state index contributed by atoms with van der Waals surface area (Å²) >= 11 is 1.80. The van der Waals surface area contributed by atoms with Crippen molar-refractivity contribution in [1.29, 1.82) is 0 Å². The molecule has 1 fully saturated rings. The maximum absolute atomic E-state index is 10.4. The molecule has 0 spiro atoms. The summed E-state index contributed by atoms with van der Waals surface area (Å²) in [5.41, 5.74) is 0. The van der Waals surface area contributed by atoms with E-state index in [2.05, 4.69) is 13.8 Å². The van der Waals surface area contributed by atoms with Gasteiger partial charge in [-0.2, -0.15) is 0 Å². The number of carbonyl (C=O) groups is 1. The van der Waals surface area contributed by atoms with Crippen LogP contribution in [0.25, 0.3) is 0 Å². The number of carbonyl (C=O) groups excluding carboxylic acids is 1. The quantitative estimate of drug-likeness (QED) is 0.562. The minimum absolute atomic E-state index is 0.0498. The molecule has 0 unspecified atom stereocenters. The molecule has 0 radical (unpaired) electrons. The van der Waals surface area contributed by atoms with Crippen LogP contribution in [-0.2, 0) is 4.79 Å². The highest BCUT2D eigenvalue weighted by Gasteiger charge is 2.43. The Kier molecular flexibility index (Phi) is 1.85. The van der Waals surface area contributed by atoms with Crippen LogP contribution in [-0.4, -0.2) is 16.3 Å². The summed E-state index contributed by atoms with van der Waals surface area (Å²) in [4.78, 5) is 10.4. The number of rotatable bonds is 3. The third-order valence-corrected chi connectivity index (χ3v) is 2.87. The topological polar surface area (TPSA) is 17.1 Å². The van der Waals surface area contributed by atoms with E-state index in [1.165, 1.54) is 0 Å². The summed E-state index contributed by atoms with van der Waals surface area (Å²) in [5, 5.41) is 0.595. The molecular weight excluding hydrogens is 132 g/mol. The van der Waals surface area contributed by atoms with E-state index in [0.29, 0.717) is 5.25 Å². The van der Waals surface area contributed by atoms with Gasteiger partial charge in [-0.05, 0) is 12.8 Å². The van der Waals surface area contributed by atoms with Crippen LogP contribution >= 0.6 is 11.8 Å². The summed E-state index contributed by atoms with van der Waals surface area (Å²) in [6.07, 6.45) is 3.30. The molecule has 0 aliphatic heterocycles. The molecule has 1 aliphatic rings. The highest BCUT2D eigenvalue weighted by atomic mass is 32.2. The lowest BCUT2D eigenvalue weighted by atomic mass is 10.5. The van der Waals surface area contributed by atoms with Gasteiger partial charge in [-0.15, -0.1) is 11.8 Å². The van der Waals surface area contributed by atoms with Crippen molar-refractivity contribution in [3.63, 3.8) is 0 Å². The summed E-state index contributed by atoms with van der Waals surface area (Å²) in [6.45, 7) is 4.27. The molecule has 1 nitrogen and oxygen atoms in total. The van der Waals surface area contributed by atoms with Crippen molar-refractivity contribution in [2.75, 3.05) is 0 Å². The van der Waals surface area contributed by atoms with Crippen LogP contribution < -0.4 is 0 Å². The van der Waals surface area contributed by atoms with Crippen molar-refractivity contribution >= 4 is 18.0 Å². The normalized spacial score (nSPS) is 22.1. The Morgan fingerprint density at radius 3 is 2.22 bits per heavy atom. The lowest BCUT2D eigenvalue weighted by Crippen LogP contribution is -2.07. The molecule has 2 heteroatoms. The maximum atomic E-state index is 10.4. The van der Waals surface area contributed by atoms with Crippen molar-refractivity contribution in [1.82, 2.24) is 0 Å².